The van der Waals surface area contributed by atoms with Gasteiger partial charge in [-0.1, -0.05) is 42.5 Å². The fourth-order valence-corrected chi connectivity index (χ4v) is 3.07. The molecule has 0 saturated carbocycles. The van der Waals surface area contributed by atoms with Crippen LogP contribution in [-0.2, 0) is 6.42 Å². The number of allylic oxidation sites excluding steroid dienone is 1. The van der Waals surface area contributed by atoms with Gasteiger partial charge in [-0.25, -0.2) is 0 Å². The molecule has 0 heterocycles. The van der Waals surface area contributed by atoms with Gasteiger partial charge in [0.1, 0.15) is 0 Å². The molecule has 27 heavy (non-hydrogen) atoms. The van der Waals surface area contributed by atoms with Gasteiger partial charge in [0.25, 0.3) is 0 Å². The van der Waals surface area contributed by atoms with Crippen LogP contribution >= 0.6 is 0 Å². The normalized spacial score (nSPS) is 11.0. The maximum atomic E-state index is 12.9. The molecule has 0 spiro atoms. The summed E-state index contributed by atoms with van der Waals surface area (Å²) >= 11 is 0. The second kappa shape index (κ2) is 8.67. The van der Waals surface area contributed by atoms with Crippen LogP contribution in [0.3, 0.4) is 0 Å². The summed E-state index contributed by atoms with van der Waals surface area (Å²) in [5, 5.41) is 1.43. The molecule has 0 radical (unpaired) electrons. The minimum atomic E-state index is -2.91. The van der Waals surface area contributed by atoms with Crippen LogP contribution in [0.2, 0.25) is 0 Å². The number of alkyl halides is 2. The van der Waals surface area contributed by atoms with Gasteiger partial charge in [0.15, 0.2) is 11.5 Å². The number of halogens is 2. The molecular formula is C23H22F2O2. The minimum Gasteiger partial charge on any atom is -0.490 e. The lowest BCUT2D eigenvalue weighted by molar-refractivity contribution is -0.0503. The third-order valence-corrected chi connectivity index (χ3v) is 4.37. The Morgan fingerprint density at radius 3 is 2.41 bits per heavy atom. The zero-order chi connectivity index (χ0) is 19.2. The van der Waals surface area contributed by atoms with Crippen LogP contribution in [0.15, 0.2) is 67.3 Å². The lowest BCUT2D eigenvalue weighted by atomic mass is 9.99. The molecule has 0 bridgehead atoms. The molecule has 0 N–H and O–H groups in total. The fourth-order valence-electron chi connectivity index (χ4n) is 3.07. The standard InChI is InChI=1S/C23H22F2O2/c1-3-5-6-16-7-9-17(10-8-16)18-11-13-20-19(15-18)12-14-21(26-4-2)22(20)27-23(24)25/h3,7-15,23H,1,4-6H2,2H3. The topological polar surface area (TPSA) is 18.5 Å². The Hall–Kier alpha value is -2.88. The van der Waals surface area contributed by atoms with E-state index in [4.69, 9.17) is 9.47 Å². The van der Waals surface area contributed by atoms with E-state index < -0.39 is 6.61 Å². The van der Waals surface area contributed by atoms with Gasteiger partial charge in [-0.2, -0.15) is 8.78 Å². The summed E-state index contributed by atoms with van der Waals surface area (Å²) in [6.45, 7) is 3.02. The van der Waals surface area contributed by atoms with Crippen LogP contribution in [-0.4, -0.2) is 13.2 Å². The summed E-state index contributed by atoms with van der Waals surface area (Å²) in [5.74, 6) is 0.403. The van der Waals surface area contributed by atoms with Crippen LogP contribution < -0.4 is 9.47 Å². The summed E-state index contributed by atoms with van der Waals surface area (Å²) in [7, 11) is 0. The van der Waals surface area contributed by atoms with E-state index in [9.17, 15) is 8.78 Å². The molecule has 140 valence electrons. The van der Waals surface area contributed by atoms with E-state index in [1.807, 2.05) is 24.3 Å². The van der Waals surface area contributed by atoms with Crippen molar-refractivity contribution in [3.8, 4) is 22.6 Å². The predicted molar refractivity (Wildman–Crippen MR) is 106 cm³/mol. The second-order valence-electron chi connectivity index (χ2n) is 6.16. The monoisotopic (exact) mass is 368 g/mol. The summed E-state index contributed by atoms with van der Waals surface area (Å²) in [6, 6.07) is 17.6. The van der Waals surface area contributed by atoms with Crippen molar-refractivity contribution in [2.75, 3.05) is 6.61 Å². The Bertz CT molecular complexity index is 918. The van der Waals surface area contributed by atoms with Crippen LogP contribution in [0.5, 0.6) is 11.5 Å². The maximum Gasteiger partial charge on any atom is 0.387 e. The van der Waals surface area contributed by atoms with E-state index in [2.05, 4.69) is 30.8 Å². The minimum absolute atomic E-state index is 0.0793. The van der Waals surface area contributed by atoms with E-state index in [1.54, 1.807) is 19.1 Å². The van der Waals surface area contributed by atoms with Crippen molar-refractivity contribution in [3.05, 3.63) is 72.8 Å². The van der Waals surface area contributed by atoms with Crippen LogP contribution in [0.1, 0.15) is 18.9 Å². The molecule has 0 atom stereocenters. The van der Waals surface area contributed by atoms with Gasteiger partial charge in [0.05, 0.1) is 6.61 Å². The number of ether oxygens (including phenoxy) is 2. The van der Waals surface area contributed by atoms with Gasteiger partial charge in [0, 0.05) is 5.39 Å². The highest BCUT2D eigenvalue weighted by atomic mass is 19.3. The van der Waals surface area contributed by atoms with Crippen molar-refractivity contribution in [1.82, 2.24) is 0 Å². The number of rotatable bonds is 8. The molecule has 0 unspecified atom stereocenters. The quantitative estimate of drug-likeness (QED) is 0.416. The second-order valence-corrected chi connectivity index (χ2v) is 6.16. The molecular weight excluding hydrogens is 346 g/mol. The number of fused-ring (bicyclic) bond motifs is 1. The molecule has 0 fully saturated rings. The van der Waals surface area contributed by atoms with Gasteiger partial charge < -0.3 is 9.47 Å². The van der Waals surface area contributed by atoms with Crippen molar-refractivity contribution in [1.29, 1.82) is 0 Å². The fraction of sp³-hybridized carbons (Fsp3) is 0.217. The summed E-state index contributed by atoms with van der Waals surface area (Å²) < 4.78 is 35.9. The van der Waals surface area contributed by atoms with Crippen LogP contribution in [0, 0.1) is 0 Å². The number of hydrogen-bond donors (Lipinski definition) is 0. The first-order chi connectivity index (χ1) is 13.1. The Morgan fingerprint density at radius 2 is 1.74 bits per heavy atom. The van der Waals surface area contributed by atoms with E-state index in [1.165, 1.54) is 5.56 Å². The average molecular weight is 368 g/mol. The smallest absolute Gasteiger partial charge is 0.387 e. The Labute approximate surface area is 158 Å². The zero-order valence-corrected chi connectivity index (χ0v) is 15.3. The van der Waals surface area contributed by atoms with E-state index in [-0.39, 0.29) is 5.75 Å². The van der Waals surface area contributed by atoms with Crippen molar-refractivity contribution >= 4 is 10.8 Å². The Balaban J connectivity index is 1.97. The molecule has 0 aliphatic heterocycles. The third-order valence-electron chi connectivity index (χ3n) is 4.37. The average Bonchev–Trinajstić information content (AvgIpc) is 2.68. The van der Waals surface area contributed by atoms with Gasteiger partial charge in [-0.05, 0) is 60.0 Å². The van der Waals surface area contributed by atoms with Gasteiger partial charge in [-0.3, -0.25) is 0 Å². The molecule has 0 aromatic heterocycles. The molecule has 3 aromatic carbocycles. The van der Waals surface area contributed by atoms with Crippen LogP contribution in [0.25, 0.3) is 21.9 Å². The largest absolute Gasteiger partial charge is 0.490 e. The molecule has 0 saturated heterocycles. The first-order valence-corrected chi connectivity index (χ1v) is 8.97. The summed E-state index contributed by atoms with van der Waals surface area (Å²) in [6.07, 6.45) is 3.83. The van der Waals surface area contributed by atoms with Gasteiger partial charge in [0.2, 0.25) is 0 Å². The summed E-state index contributed by atoms with van der Waals surface area (Å²) in [4.78, 5) is 0. The van der Waals surface area contributed by atoms with Crippen molar-refractivity contribution in [2.45, 2.75) is 26.4 Å². The third kappa shape index (κ3) is 4.45. The Kier molecular flexibility index (Phi) is 6.07. The maximum absolute atomic E-state index is 12.9. The Morgan fingerprint density at radius 1 is 1.00 bits per heavy atom. The predicted octanol–water partition coefficient (Wildman–Crippen LogP) is 6.63. The van der Waals surface area contributed by atoms with Crippen molar-refractivity contribution < 1.29 is 18.3 Å². The molecule has 3 aromatic rings. The molecule has 3 rings (SSSR count). The molecule has 0 aliphatic rings. The molecule has 0 amide bonds. The van der Waals surface area contributed by atoms with Crippen molar-refractivity contribution in [3.63, 3.8) is 0 Å². The van der Waals surface area contributed by atoms with Gasteiger partial charge >= 0.3 is 6.61 Å². The summed E-state index contributed by atoms with van der Waals surface area (Å²) in [5.41, 5.74) is 3.35. The molecule has 0 aliphatic carbocycles. The van der Waals surface area contributed by atoms with E-state index >= 15 is 0 Å². The SMILES string of the molecule is C=CCCc1ccc(-c2ccc3c(OC(F)F)c(OCC)ccc3c2)cc1. The number of hydrogen-bond acceptors (Lipinski definition) is 2. The molecule has 2 nitrogen and oxygen atoms in total. The zero-order valence-electron chi connectivity index (χ0n) is 15.3. The lowest BCUT2D eigenvalue weighted by Crippen LogP contribution is -2.05. The van der Waals surface area contributed by atoms with E-state index in [0.29, 0.717) is 17.7 Å². The first kappa shape index (κ1) is 18.9. The van der Waals surface area contributed by atoms with Crippen LogP contribution in [0.4, 0.5) is 8.78 Å². The molecule has 4 heteroatoms. The highest BCUT2D eigenvalue weighted by molar-refractivity contribution is 5.93. The van der Waals surface area contributed by atoms with E-state index in [0.717, 1.165) is 29.4 Å². The lowest BCUT2D eigenvalue weighted by Gasteiger charge is -2.14. The number of aryl methyl sites for hydroxylation is 1. The van der Waals surface area contributed by atoms with Crippen molar-refractivity contribution in [2.24, 2.45) is 0 Å². The highest BCUT2D eigenvalue weighted by Crippen LogP contribution is 2.38. The van der Waals surface area contributed by atoms with Gasteiger partial charge in [-0.15, -0.1) is 6.58 Å². The highest BCUT2D eigenvalue weighted by Gasteiger charge is 2.15. The number of benzene rings is 3. The first-order valence-electron chi connectivity index (χ1n) is 8.97.